The van der Waals surface area contributed by atoms with Crippen molar-refractivity contribution in [3.05, 3.63) is 31.3 Å². The van der Waals surface area contributed by atoms with Gasteiger partial charge in [0.05, 0.1) is 0 Å². The van der Waals surface area contributed by atoms with E-state index in [1.54, 1.807) is 0 Å². The van der Waals surface area contributed by atoms with Crippen molar-refractivity contribution < 1.29 is 59.1 Å². The molecule has 0 aliphatic heterocycles. The zero-order valence-corrected chi connectivity index (χ0v) is 11.7. The zero-order chi connectivity index (χ0) is 8.72. The minimum absolute atomic E-state index is 0. The monoisotopic (exact) mass is 214 g/mol. The van der Waals surface area contributed by atoms with Gasteiger partial charge in [-0.15, -0.1) is 0 Å². The molecule has 0 spiro atoms. The molecule has 0 aromatic carbocycles. The van der Waals surface area contributed by atoms with Gasteiger partial charge >= 0.3 is 70.5 Å². The summed E-state index contributed by atoms with van der Waals surface area (Å²) in [6, 6.07) is 0. The largest absolute Gasteiger partial charge is 1.00 e. The zero-order valence-electron chi connectivity index (χ0n) is 7.72. The summed E-state index contributed by atoms with van der Waals surface area (Å²) in [6.45, 7) is 0. The molecule has 62 valence electrons. The van der Waals surface area contributed by atoms with E-state index in [0.29, 0.717) is 0 Å². The average molecular weight is 214 g/mol. The molecule has 2 rings (SSSR count). The van der Waals surface area contributed by atoms with Gasteiger partial charge in [-0.1, -0.05) is 0 Å². The van der Waals surface area contributed by atoms with Crippen LogP contribution in [0.2, 0.25) is 0 Å². The first-order valence-electron chi connectivity index (χ1n) is 3.11. The summed E-state index contributed by atoms with van der Waals surface area (Å²) in [5.41, 5.74) is -1.65. The quantitative estimate of drug-likeness (QED) is 0.326. The third-order valence-electron chi connectivity index (χ3n) is 1.42. The molecular formula is C5H4N4Na2O3+2. The second kappa shape index (κ2) is 5.15. The van der Waals surface area contributed by atoms with E-state index < -0.39 is 16.9 Å². The van der Waals surface area contributed by atoms with E-state index >= 15 is 0 Å². The first kappa shape index (κ1) is 13.9. The van der Waals surface area contributed by atoms with E-state index in [0.717, 1.165) is 0 Å². The molecule has 2 aromatic heterocycles. The number of aromatic amines is 4. The molecule has 14 heavy (non-hydrogen) atoms. The van der Waals surface area contributed by atoms with Gasteiger partial charge in [0.15, 0.2) is 0 Å². The van der Waals surface area contributed by atoms with Crippen LogP contribution < -0.4 is 76.1 Å². The number of hydrogen-bond donors (Lipinski definition) is 4. The Kier molecular flexibility index (Phi) is 5.13. The van der Waals surface area contributed by atoms with Gasteiger partial charge in [0.25, 0.3) is 5.56 Å². The fraction of sp³-hybridized carbons (Fsp3) is 0. The molecule has 0 saturated heterocycles. The minimum Gasteiger partial charge on any atom is -0.300 e. The Labute approximate surface area is 120 Å². The maximum absolute atomic E-state index is 10.9. The Morgan fingerprint density at radius 1 is 0.714 bits per heavy atom. The molecule has 2 heterocycles. The van der Waals surface area contributed by atoms with Gasteiger partial charge in [-0.25, -0.2) is 9.59 Å². The minimum atomic E-state index is -0.650. The van der Waals surface area contributed by atoms with E-state index in [1.165, 1.54) is 0 Å². The number of fused-ring (bicyclic) bond motifs is 1. The summed E-state index contributed by atoms with van der Waals surface area (Å²) >= 11 is 0. The maximum atomic E-state index is 10.9. The Morgan fingerprint density at radius 2 is 1.21 bits per heavy atom. The van der Waals surface area contributed by atoms with Crippen molar-refractivity contribution >= 4 is 11.2 Å². The van der Waals surface area contributed by atoms with Crippen molar-refractivity contribution in [3.8, 4) is 0 Å². The number of rotatable bonds is 0. The van der Waals surface area contributed by atoms with E-state index in [9.17, 15) is 14.4 Å². The van der Waals surface area contributed by atoms with Crippen molar-refractivity contribution in [2.75, 3.05) is 0 Å². The van der Waals surface area contributed by atoms with Crippen LogP contribution in [0.1, 0.15) is 0 Å². The molecule has 0 amide bonds. The maximum Gasteiger partial charge on any atom is 1.00 e. The Balaban J connectivity index is 0.000000845. The van der Waals surface area contributed by atoms with Gasteiger partial charge in [0.1, 0.15) is 11.2 Å². The molecule has 0 atom stereocenters. The Bertz CT molecular complexity index is 591. The van der Waals surface area contributed by atoms with Gasteiger partial charge in [-0.3, -0.25) is 24.7 Å². The van der Waals surface area contributed by atoms with Crippen LogP contribution in [-0.4, -0.2) is 19.9 Å². The molecule has 0 bridgehead atoms. The average Bonchev–Trinajstić information content (AvgIpc) is 2.29. The van der Waals surface area contributed by atoms with Gasteiger partial charge in [-0.2, -0.15) is 0 Å². The second-order valence-corrected chi connectivity index (χ2v) is 2.24. The fourth-order valence-corrected chi connectivity index (χ4v) is 0.958. The van der Waals surface area contributed by atoms with Crippen molar-refractivity contribution in [2.24, 2.45) is 0 Å². The molecule has 0 unspecified atom stereocenters. The van der Waals surface area contributed by atoms with Crippen molar-refractivity contribution in [3.63, 3.8) is 0 Å². The first-order valence-corrected chi connectivity index (χ1v) is 3.11. The number of H-pyrrole nitrogens is 4. The molecule has 9 heteroatoms. The summed E-state index contributed by atoms with van der Waals surface area (Å²) in [4.78, 5) is 41.0. The van der Waals surface area contributed by atoms with Crippen LogP contribution in [0.15, 0.2) is 14.4 Å². The predicted octanol–water partition coefficient (Wildman–Crippen LogP) is -7.76. The third kappa shape index (κ3) is 2.50. The predicted molar refractivity (Wildman–Crippen MR) is 40.2 cm³/mol. The molecule has 4 N–H and O–H groups in total. The standard InChI is InChI=1S/C5H4N4O3.2Na/c10-3-1-2(7-4(11)6-1)8-5(12)9-3;;/h(H4,6,7,8,9,10,11,12);;/q;2*+1. The van der Waals surface area contributed by atoms with Crippen molar-refractivity contribution in [1.82, 2.24) is 19.9 Å². The summed E-state index contributed by atoms with van der Waals surface area (Å²) in [7, 11) is 0. The number of imidazole rings is 1. The number of hydrogen-bond acceptors (Lipinski definition) is 3. The first-order chi connectivity index (χ1) is 5.66. The second-order valence-electron chi connectivity index (χ2n) is 2.24. The van der Waals surface area contributed by atoms with Gasteiger partial charge in [-0.05, 0) is 0 Å². The van der Waals surface area contributed by atoms with Crippen LogP contribution in [0.5, 0.6) is 0 Å². The van der Waals surface area contributed by atoms with Gasteiger partial charge in [0.2, 0.25) is 0 Å². The normalized spacial score (nSPS) is 9.14. The Morgan fingerprint density at radius 3 is 1.79 bits per heavy atom. The Hall–Kier alpha value is -0.0500. The molecule has 7 nitrogen and oxygen atoms in total. The van der Waals surface area contributed by atoms with E-state index in [-0.39, 0.29) is 70.3 Å². The summed E-state index contributed by atoms with van der Waals surface area (Å²) in [5.74, 6) is 0. The number of nitrogens with one attached hydrogen (secondary N) is 4. The van der Waals surface area contributed by atoms with Crippen LogP contribution in [0.4, 0.5) is 0 Å². The van der Waals surface area contributed by atoms with Gasteiger partial charge in [0, 0.05) is 0 Å². The summed E-state index contributed by atoms with van der Waals surface area (Å²) in [5, 5.41) is 0. The SMILES string of the molecule is O=c1[nH]c(=O)c2[nH]c(=O)[nH]c2[nH]1.[Na+].[Na+]. The van der Waals surface area contributed by atoms with Crippen LogP contribution in [0, 0.1) is 0 Å². The summed E-state index contributed by atoms with van der Waals surface area (Å²) in [6.07, 6.45) is 0. The molecule has 2 aromatic rings. The number of aromatic nitrogens is 4. The van der Waals surface area contributed by atoms with Crippen LogP contribution in [-0.2, 0) is 0 Å². The van der Waals surface area contributed by atoms with E-state index in [1.807, 2.05) is 4.98 Å². The summed E-state index contributed by atoms with van der Waals surface area (Å²) < 4.78 is 0. The van der Waals surface area contributed by atoms with Crippen LogP contribution >= 0.6 is 0 Å². The third-order valence-corrected chi connectivity index (χ3v) is 1.42. The van der Waals surface area contributed by atoms with Gasteiger partial charge < -0.3 is 0 Å². The molecule has 0 aliphatic carbocycles. The van der Waals surface area contributed by atoms with E-state index in [4.69, 9.17) is 0 Å². The van der Waals surface area contributed by atoms with Crippen LogP contribution in [0.3, 0.4) is 0 Å². The molecule has 0 saturated carbocycles. The smallest absolute Gasteiger partial charge is 0.300 e. The molecule has 0 fully saturated rings. The van der Waals surface area contributed by atoms with E-state index in [2.05, 4.69) is 15.0 Å². The van der Waals surface area contributed by atoms with Crippen molar-refractivity contribution in [2.45, 2.75) is 0 Å². The van der Waals surface area contributed by atoms with Crippen LogP contribution in [0.25, 0.3) is 11.2 Å². The molecule has 0 radical (unpaired) electrons. The molecular weight excluding hydrogens is 210 g/mol. The van der Waals surface area contributed by atoms with Crippen molar-refractivity contribution in [1.29, 1.82) is 0 Å². The fourth-order valence-electron chi connectivity index (χ4n) is 0.958. The topological polar surface area (TPSA) is 114 Å². The molecule has 0 aliphatic rings.